The highest BCUT2D eigenvalue weighted by Gasteiger charge is 2.25. The van der Waals surface area contributed by atoms with Crippen LogP contribution in [0.15, 0.2) is 6.07 Å². The second-order valence-corrected chi connectivity index (χ2v) is 3.51. The van der Waals surface area contributed by atoms with Gasteiger partial charge in [0.2, 0.25) is 0 Å². The summed E-state index contributed by atoms with van der Waals surface area (Å²) >= 11 is 0. The maximum Gasteiger partial charge on any atom is 0.301 e. The summed E-state index contributed by atoms with van der Waals surface area (Å²) in [6.07, 6.45) is 0. The third-order valence-corrected chi connectivity index (χ3v) is 2.43. The van der Waals surface area contributed by atoms with Crippen molar-refractivity contribution in [1.29, 1.82) is 0 Å². The molecule has 0 atom stereocenters. The molecule has 0 aromatic heterocycles. The third-order valence-electron chi connectivity index (χ3n) is 2.43. The molecule has 6 heteroatoms. The Hall–Kier alpha value is -1.82. The molecule has 6 nitrogen and oxygen atoms in total. The van der Waals surface area contributed by atoms with Gasteiger partial charge in [0.05, 0.1) is 10.5 Å². The fourth-order valence-electron chi connectivity index (χ4n) is 1.57. The lowest BCUT2D eigenvalue weighted by Gasteiger charge is -2.18. The first-order valence-corrected chi connectivity index (χ1v) is 4.84. The van der Waals surface area contributed by atoms with Crippen LogP contribution in [0.2, 0.25) is 0 Å². The van der Waals surface area contributed by atoms with E-state index in [0.29, 0.717) is 5.56 Å². The maximum atomic E-state index is 10.9. The van der Waals surface area contributed by atoms with E-state index in [1.165, 1.54) is 13.0 Å². The summed E-state index contributed by atoms with van der Waals surface area (Å²) in [5.74, 6) is -0.141. The summed E-state index contributed by atoms with van der Waals surface area (Å²) in [7, 11) is 0. The lowest BCUT2D eigenvalue weighted by Crippen LogP contribution is -2.19. The van der Waals surface area contributed by atoms with E-state index in [-0.39, 0.29) is 29.2 Å². The van der Waals surface area contributed by atoms with Gasteiger partial charge in [0.25, 0.3) is 0 Å². The van der Waals surface area contributed by atoms with Gasteiger partial charge >= 0.3 is 5.69 Å². The SMILES string of the molecule is CCN(O)c1c(C)cc(O)c(C)c1[N+](=O)[O-]. The predicted molar refractivity (Wildman–Crippen MR) is 59.0 cm³/mol. The zero-order valence-corrected chi connectivity index (χ0v) is 9.39. The van der Waals surface area contributed by atoms with Crippen LogP contribution >= 0.6 is 0 Å². The Morgan fingerprint density at radius 2 is 2.06 bits per heavy atom. The minimum Gasteiger partial charge on any atom is -0.507 e. The second kappa shape index (κ2) is 4.36. The molecule has 16 heavy (non-hydrogen) atoms. The van der Waals surface area contributed by atoms with Crippen LogP contribution in [0.25, 0.3) is 0 Å². The highest BCUT2D eigenvalue weighted by atomic mass is 16.6. The summed E-state index contributed by atoms with van der Waals surface area (Å²) in [4.78, 5) is 10.3. The van der Waals surface area contributed by atoms with Gasteiger partial charge < -0.3 is 5.11 Å². The van der Waals surface area contributed by atoms with Crippen LogP contribution in [-0.2, 0) is 0 Å². The van der Waals surface area contributed by atoms with Crippen molar-refractivity contribution in [1.82, 2.24) is 0 Å². The Kier molecular flexibility index (Phi) is 3.34. The van der Waals surface area contributed by atoms with Crippen molar-refractivity contribution in [2.45, 2.75) is 20.8 Å². The molecule has 0 aliphatic heterocycles. The van der Waals surface area contributed by atoms with E-state index in [1.54, 1.807) is 13.8 Å². The number of rotatable bonds is 3. The molecule has 0 spiro atoms. The number of benzene rings is 1. The monoisotopic (exact) mass is 226 g/mol. The Balaban J connectivity index is 3.57. The quantitative estimate of drug-likeness (QED) is 0.609. The molecule has 0 amide bonds. The number of phenols is 1. The number of hydrogen-bond acceptors (Lipinski definition) is 5. The fourth-order valence-corrected chi connectivity index (χ4v) is 1.57. The van der Waals surface area contributed by atoms with Crippen LogP contribution in [-0.4, -0.2) is 21.8 Å². The lowest BCUT2D eigenvalue weighted by atomic mass is 10.1. The molecule has 1 aromatic carbocycles. The van der Waals surface area contributed by atoms with E-state index in [1.807, 2.05) is 0 Å². The van der Waals surface area contributed by atoms with Gasteiger partial charge in [-0.3, -0.25) is 20.4 Å². The first-order valence-electron chi connectivity index (χ1n) is 4.84. The summed E-state index contributed by atoms with van der Waals surface area (Å²) in [5, 5.41) is 30.8. The normalized spacial score (nSPS) is 10.2. The minimum absolute atomic E-state index is 0.128. The first-order chi connectivity index (χ1) is 7.40. The number of aryl methyl sites for hydroxylation is 1. The molecule has 2 N–H and O–H groups in total. The topological polar surface area (TPSA) is 86.8 Å². The average Bonchev–Trinajstić information content (AvgIpc) is 2.21. The lowest BCUT2D eigenvalue weighted by molar-refractivity contribution is -0.385. The number of hydrogen-bond donors (Lipinski definition) is 2. The largest absolute Gasteiger partial charge is 0.507 e. The Morgan fingerprint density at radius 1 is 1.50 bits per heavy atom. The van der Waals surface area contributed by atoms with Crippen molar-refractivity contribution in [2.75, 3.05) is 11.6 Å². The van der Waals surface area contributed by atoms with Gasteiger partial charge in [-0.05, 0) is 32.4 Å². The second-order valence-electron chi connectivity index (χ2n) is 3.51. The molecule has 0 aliphatic rings. The number of anilines is 1. The molecular weight excluding hydrogens is 212 g/mol. The molecule has 0 unspecified atom stereocenters. The summed E-state index contributed by atoms with van der Waals surface area (Å²) in [6, 6.07) is 1.40. The van der Waals surface area contributed by atoms with Gasteiger partial charge in [0.1, 0.15) is 11.4 Å². The number of nitrogens with zero attached hydrogens (tertiary/aromatic N) is 2. The van der Waals surface area contributed by atoms with E-state index in [9.17, 15) is 20.4 Å². The number of phenolic OH excluding ortho intramolecular Hbond substituents is 1. The average molecular weight is 226 g/mol. The molecule has 0 heterocycles. The van der Waals surface area contributed by atoms with Gasteiger partial charge in [0.15, 0.2) is 0 Å². The number of hydroxylamine groups is 1. The Bertz CT molecular complexity index is 431. The zero-order chi connectivity index (χ0) is 12.5. The smallest absolute Gasteiger partial charge is 0.301 e. The van der Waals surface area contributed by atoms with Gasteiger partial charge in [-0.15, -0.1) is 0 Å². The van der Waals surface area contributed by atoms with Crippen LogP contribution in [0.3, 0.4) is 0 Å². The van der Waals surface area contributed by atoms with Gasteiger partial charge in [0, 0.05) is 6.54 Å². The van der Waals surface area contributed by atoms with E-state index >= 15 is 0 Å². The number of nitro groups is 1. The summed E-state index contributed by atoms with van der Waals surface area (Å²) in [5.41, 5.74) is 0.474. The van der Waals surface area contributed by atoms with Crippen LogP contribution in [0.5, 0.6) is 5.75 Å². The van der Waals surface area contributed by atoms with Crippen LogP contribution in [0.4, 0.5) is 11.4 Å². The van der Waals surface area contributed by atoms with Gasteiger partial charge in [-0.1, -0.05) is 0 Å². The molecule has 88 valence electrons. The van der Waals surface area contributed by atoms with Crippen molar-refractivity contribution in [2.24, 2.45) is 0 Å². The molecule has 0 bridgehead atoms. The van der Waals surface area contributed by atoms with E-state index in [4.69, 9.17) is 0 Å². The molecule has 0 aliphatic carbocycles. The first kappa shape index (κ1) is 12.3. The van der Waals surface area contributed by atoms with Crippen LogP contribution < -0.4 is 5.06 Å². The van der Waals surface area contributed by atoms with Crippen LogP contribution in [0.1, 0.15) is 18.1 Å². The zero-order valence-electron chi connectivity index (χ0n) is 9.39. The van der Waals surface area contributed by atoms with Gasteiger partial charge in [-0.2, -0.15) is 0 Å². The molecule has 0 saturated heterocycles. The molecule has 1 rings (SSSR count). The molecule has 0 fully saturated rings. The van der Waals surface area contributed by atoms with Crippen molar-refractivity contribution in [3.05, 3.63) is 27.3 Å². The molecular formula is C10H14N2O4. The predicted octanol–water partition coefficient (Wildman–Crippen LogP) is 2.13. The standard InChI is InChI=1S/C10H14N2O4/c1-4-11(14)9-6(2)5-8(13)7(3)10(9)12(15)16/h5,13-14H,4H2,1-3H3. The van der Waals surface area contributed by atoms with Crippen molar-refractivity contribution < 1.29 is 15.2 Å². The summed E-state index contributed by atoms with van der Waals surface area (Å²) < 4.78 is 0. The Labute approximate surface area is 92.8 Å². The van der Waals surface area contributed by atoms with Crippen LogP contribution in [0, 0.1) is 24.0 Å². The van der Waals surface area contributed by atoms with Gasteiger partial charge in [-0.25, -0.2) is 0 Å². The third kappa shape index (κ3) is 1.92. The number of nitro benzene ring substituents is 1. The summed E-state index contributed by atoms with van der Waals surface area (Å²) in [6.45, 7) is 4.94. The molecule has 1 aromatic rings. The number of aromatic hydroxyl groups is 1. The van der Waals surface area contributed by atoms with E-state index < -0.39 is 4.92 Å². The van der Waals surface area contributed by atoms with Crippen molar-refractivity contribution in [3.8, 4) is 5.75 Å². The minimum atomic E-state index is -0.601. The molecule has 0 saturated carbocycles. The van der Waals surface area contributed by atoms with E-state index in [2.05, 4.69) is 0 Å². The van der Waals surface area contributed by atoms with Crippen molar-refractivity contribution >= 4 is 11.4 Å². The van der Waals surface area contributed by atoms with E-state index in [0.717, 1.165) is 5.06 Å². The molecule has 0 radical (unpaired) electrons. The fraction of sp³-hybridized carbons (Fsp3) is 0.400. The maximum absolute atomic E-state index is 10.9. The Morgan fingerprint density at radius 3 is 2.50 bits per heavy atom. The highest BCUT2D eigenvalue weighted by Crippen LogP contribution is 2.38. The van der Waals surface area contributed by atoms with Crippen molar-refractivity contribution in [3.63, 3.8) is 0 Å². The highest BCUT2D eigenvalue weighted by molar-refractivity contribution is 5.72.